The van der Waals surface area contributed by atoms with Crippen LogP contribution in [0.25, 0.3) is 0 Å². The Labute approximate surface area is 106 Å². The largest absolute Gasteiger partial charge is 0.433 e. The molecule has 0 saturated heterocycles. The van der Waals surface area contributed by atoms with Crippen molar-refractivity contribution in [2.24, 2.45) is 5.73 Å². The van der Waals surface area contributed by atoms with Crippen LogP contribution in [0.5, 0.6) is 0 Å². The molecule has 0 aliphatic heterocycles. The van der Waals surface area contributed by atoms with Crippen LogP contribution in [0.4, 0.5) is 22.0 Å². The number of rotatable bonds is 1. The number of pyridine rings is 1. The lowest BCUT2D eigenvalue weighted by Gasteiger charge is -2.38. The van der Waals surface area contributed by atoms with Crippen LogP contribution in [-0.4, -0.2) is 10.9 Å². The van der Waals surface area contributed by atoms with E-state index in [0.717, 1.165) is 6.20 Å². The van der Waals surface area contributed by atoms with Crippen molar-refractivity contribution in [1.29, 1.82) is 0 Å². The van der Waals surface area contributed by atoms with Crippen LogP contribution < -0.4 is 5.73 Å². The summed E-state index contributed by atoms with van der Waals surface area (Å²) >= 11 is 0. The Morgan fingerprint density at radius 3 is 2.21 bits per heavy atom. The Bertz CT molecular complexity index is 459. The summed E-state index contributed by atoms with van der Waals surface area (Å²) in [5.74, 6) is -2.84. The lowest BCUT2D eigenvalue weighted by Crippen LogP contribution is -2.45. The van der Waals surface area contributed by atoms with E-state index in [2.05, 4.69) is 4.98 Å². The van der Waals surface area contributed by atoms with E-state index in [9.17, 15) is 22.0 Å². The fourth-order valence-corrected chi connectivity index (χ4v) is 2.36. The van der Waals surface area contributed by atoms with Crippen LogP contribution in [-0.2, 0) is 11.7 Å². The summed E-state index contributed by atoms with van der Waals surface area (Å²) in [4.78, 5) is 3.31. The van der Waals surface area contributed by atoms with Crippen LogP contribution in [0.15, 0.2) is 18.3 Å². The zero-order valence-electron chi connectivity index (χ0n) is 9.97. The first-order valence-electron chi connectivity index (χ1n) is 5.83. The highest BCUT2D eigenvalue weighted by Crippen LogP contribution is 2.45. The average Bonchev–Trinajstić information content (AvgIpc) is 2.32. The van der Waals surface area contributed by atoms with E-state index in [1.807, 2.05) is 0 Å². The predicted molar refractivity (Wildman–Crippen MR) is 58.5 cm³/mol. The van der Waals surface area contributed by atoms with Gasteiger partial charge in [0.2, 0.25) is 5.92 Å². The topological polar surface area (TPSA) is 38.9 Å². The lowest BCUT2D eigenvalue weighted by molar-refractivity contribution is -0.143. The standard InChI is InChI=1S/C12H13F5N2/c13-11(14)5-3-10(18,4-6-11)8-2-1-7-19-9(8)12(15,16)17/h1-2,7H,3-6,18H2. The van der Waals surface area contributed by atoms with Crippen LogP contribution in [0.1, 0.15) is 36.9 Å². The summed E-state index contributed by atoms with van der Waals surface area (Å²) in [6.45, 7) is 0. The van der Waals surface area contributed by atoms with Gasteiger partial charge in [-0.25, -0.2) is 8.78 Å². The number of hydrogen-bond acceptors (Lipinski definition) is 2. The van der Waals surface area contributed by atoms with Gasteiger partial charge in [0, 0.05) is 30.1 Å². The molecular formula is C12H13F5N2. The molecule has 1 aliphatic rings. The molecule has 0 amide bonds. The molecule has 0 aromatic carbocycles. The molecule has 7 heteroatoms. The first kappa shape index (κ1) is 14.2. The second kappa shape index (κ2) is 4.40. The van der Waals surface area contributed by atoms with Crippen LogP contribution in [0.3, 0.4) is 0 Å². The Balaban J connectivity index is 2.37. The van der Waals surface area contributed by atoms with Gasteiger partial charge in [0.05, 0.1) is 0 Å². The maximum Gasteiger partial charge on any atom is 0.433 e. The third kappa shape index (κ3) is 2.86. The molecular weight excluding hydrogens is 267 g/mol. The molecule has 19 heavy (non-hydrogen) atoms. The van der Waals surface area contributed by atoms with Gasteiger partial charge in [-0.2, -0.15) is 13.2 Å². The first-order chi connectivity index (χ1) is 8.64. The van der Waals surface area contributed by atoms with Crippen molar-refractivity contribution in [2.75, 3.05) is 0 Å². The summed E-state index contributed by atoms with van der Waals surface area (Å²) < 4.78 is 64.8. The number of nitrogens with zero attached hydrogens (tertiary/aromatic N) is 1. The molecule has 2 rings (SSSR count). The molecule has 1 heterocycles. The number of hydrogen-bond donors (Lipinski definition) is 1. The minimum atomic E-state index is -4.64. The highest BCUT2D eigenvalue weighted by Gasteiger charge is 2.46. The molecule has 2 N–H and O–H groups in total. The van der Waals surface area contributed by atoms with E-state index >= 15 is 0 Å². The number of halogens is 5. The molecule has 0 radical (unpaired) electrons. The molecule has 1 saturated carbocycles. The molecule has 0 bridgehead atoms. The van der Waals surface area contributed by atoms with Crippen molar-refractivity contribution in [3.05, 3.63) is 29.6 Å². The fourth-order valence-electron chi connectivity index (χ4n) is 2.36. The van der Waals surface area contributed by atoms with Crippen LogP contribution in [0, 0.1) is 0 Å². The summed E-state index contributed by atoms with van der Waals surface area (Å²) in [6.07, 6.45) is -5.00. The normalized spacial score (nSPS) is 22.2. The summed E-state index contributed by atoms with van der Waals surface area (Å²) in [6, 6.07) is 2.56. The molecule has 1 aromatic heterocycles. The monoisotopic (exact) mass is 280 g/mol. The van der Waals surface area contributed by atoms with Crippen LogP contribution in [0.2, 0.25) is 0 Å². The Kier molecular flexibility index (Phi) is 3.28. The highest BCUT2D eigenvalue weighted by molar-refractivity contribution is 5.31. The molecule has 1 aromatic rings. The second-order valence-corrected chi connectivity index (χ2v) is 4.91. The summed E-state index contributed by atoms with van der Waals surface area (Å²) in [5.41, 5.74) is 3.26. The minimum absolute atomic E-state index is 0.186. The van der Waals surface area contributed by atoms with Crippen LogP contribution >= 0.6 is 0 Å². The van der Waals surface area contributed by atoms with Gasteiger partial charge in [-0.15, -0.1) is 0 Å². The van der Waals surface area contributed by atoms with Gasteiger partial charge in [0.15, 0.2) is 0 Å². The maximum absolute atomic E-state index is 13.1. The van der Waals surface area contributed by atoms with Gasteiger partial charge in [-0.3, -0.25) is 4.98 Å². The van der Waals surface area contributed by atoms with Gasteiger partial charge in [0.25, 0.3) is 0 Å². The molecule has 2 nitrogen and oxygen atoms in total. The third-order valence-electron chi connectivity index (χ3n) is 3.49. The Morgan fingerprint density at radius 1 is 1.11 bits per heavy atom. The van der Waals surface area contributed by atoms with Gasteiger partial charge >= 0.3 is 6.18 Å². The van der Waals surface area contributed by atoms with E-state index in [0.29, 0.717) is 0 Å². The lowest BCUT2D eigenvalue weighted by atomic mass is 9.75. The molecule has 1 fully saturated rings. The predicted octanol–water partition coefficient (Wildman–Crippen LogP) is 3.46. The number of alkyl halides is 5. The van der Waals surface area contributed by atoms with E-state index in [1.165, 1.54) is 12.1 Å². The van der Waals surface area contributed by atoms with Crippen molar-refractivity contribution >= 4 is 0 Å². The third-order valence-corrected chi connectivity index (χ3v) is 3.49. The van der Waals surface area contributed by atoms with Crippen molar-refractivity contribution in [1.82, 2.24) is 4.98 Å². The van der Waals surface area contributed by atoms with Crippen molar-refractivity contribution in [3.63, 3.8) is 0 Å². The zero-order valence-corrected chi connectivity index (χ0v) is 9.97. The first-order valence-corrected chi connectivity index (χ1v) is 5.83. The van der Waals surface area contributed by atoms with Gasteiger partial charge in [-0.1, -0.05) is 6.07 Å². The highest BCUT2D eigenvalue weighted by atomic mass is 19.4. The van der Waals surface area contributed by atoms with E-state index < -0.39 is 36.2 Å². The smallest absolute Gasteiger partial charge is 0.321 e. The summed E-state index contributed by atoms with van der Waals surface area (Å²) in [5, 5.41) is 0. The zero-order chi connectivity index (χ0) is 14.3. The number of nitrogens with two attached hydrogens (primary N) is 1. The molecule has 0 spiro atoms. The Hall–Kier alpha value is -1.24. The molecule has 106 valence electrons. The van der Waals surface area contributed by atoms with Gasteiger partial charge in [-0.05, 0) is 18.9 Å². The van der Waals surface area contributed by atoms with Gasteiger partial charge < -0.3 is 5.73 Å². The quantitative estimate of drug-likeness (QED) is 0.800. The second-order valence-electron chi connectivity index (χ2n) is 4.91. The minimum Gasteiger partial charge on any atom is -0.321 e. The molecule has 0 unspecified atom stereocenters. The maximum atomic E-state index is 13.1. The average molecular weight is 280 g/mol. The van der Waals surface area contributed by atoms with Crippen molar-refractivity contribution in [2.45, 2.75) is 43.3 Å². The van der Waals surface area contributed by atoms with Crippen molar-refractivity contribution in [3.8, 4) is 0 Å². The van der Waals surface area contributed by atoms with Gasteiger partial charge in [0.1, 0.15) is 5.69 Å². The molecule has 0 atom stereocenters. The summed E-state index contributed by atoms with van der Waals surface area (Å²) in [7, 11) is 0. The fraction of sp³-hybridized carbons (Fsp3) is 0.583. The van der Waals surface area contributed by atoms with E-state index in [4.69, 9.17) is 5.73 Å². The van der Waals surface area contributed by atoms with Crippen molar-refractivity contribution < 1.29 is 22.0 Å². The van der Waals surface area contributed by atoms with E-state index in [1.54, 1.807) is 0 Å². The Morgan fingerprint density at radius 2 is 1.68 bits per heavy atom. The van der Waals surface area contributed by atoms with E-state index in [-0.39, 0.29) is 18.4 Å². The SMILES string of the molecule is NC1(c2cccnc2C(F)(F)F)CCC(F)(F)CC1. The molecule has 1 aliphatic carbocycles. The number of aromatic nitrogens is 1.